The molecule has 0 aromatic rings. The highest BCUT2D eigenvalue weighted by atomic mass is 16.6. The molecule has 3 fully saturated rings. The van der Waals surface area contributed by atoms with Gasteiger partial charge >= 0.3 is 0 Å². The van der Waals surface area contributed by atoms with Crippen LogP contribution in [-0.4, -0.2) is 39.1 Å². The van der Waals surface area contributed by atoms with E-state index in [0.29, 0.717) is 6.10 Å². The molecule has 1 aliphatic heterocycles. The first-order valence-electron chi connectivity index (χ1n) is 7.67. The highest BCUT2D eigenvalue weighted by Gasteiger charge is 2.26. The van der Waals surface area contributed by atoms with Gasteiger partial charge in [-0.3, -0.25) is 0 Å². The van der Waals surface area contributed by atoms with Gasteiger partial charge in [0.2, 0.25) is 0 Å². The van der Waals surface area contributed by atoms with Gasteiger partial charge in [-0.25, -0.2) is 0 Å². The van der Waals surface area contributed by atoms with Crippen molar-refractivity contribution in [2.24, 2.45) is 17.8 Å². The van der Waals surface area contributed by atoms with Crippen LogP contribution in [0.3, 0.4) is 0 Å². The summed E-state index contributed by atoms with van der Waals surface area (Å²) in [6.45, 7) is 4.68. The molecule has 1 saturated heterocycles. The minimum Gasteiger partial charge on any atom is -0.381 e. The van der Waals surface area contributed by atoms with Crippen molar-refractivity contribution in [2.45, 2.75) is 44.6 Å². The second-order valence-electron chi connectivity index (χ2n) is 6.36. The summed E-state index contributed by atoms with van der Waals surface area (Å²) < 4.78 is 16.6. The van der Waals surface area contributed by atoms with Crippen LogP contribution in [0.5, 0.6) is 0 Å². The maximum Gasteiger partial charge on any atom is 0.104 e. The summed E-state index contributed by atoms with van der Waals surface area (Å²) in [5, 5.41) is 0. The standard InChI is InChI=1S/C15H26O3/c1-2-12(1)7-16-8-13-3-5-14(6-4-13)9-17-10-15-11-18-15/h12-15H,1-11H2. The number of epoxide rings is 1. The molecule has 2 saturated carbocycles. The third kappa shape index (κ3) is 4.52. The highest BCUT2D eigenvalue weighted by molar-refractivity contribution is 4.75. The van der Waals surface area contributed by atoms with Gasteiger partial charge in [0.1, 0.15) is 6.10 Å². The van der Waals surface area contributed by atoms with Crippen LogP contribution in [0.15, 0.2) is 0 Å². The predicted molar refractivity (Wildman–Crippen MR) is 69.6 cm³/mol. The van der Waals surface area contributed by atoms with E-state index in [1.807, 2.05) is 0 Å². The van der Waals surface area contributed by atoms with Crippen molar-refractivity contribution < 1.29 is 14.2 Å². The maximum atomic E-state index is 5.81. The van der Waals surface area contributed by atoms with Crippen molar-refractivity contribution in [2.75, 3.05) is 33.0 Å². The Morgan fingerprint density at radius 1 is 0.667 bits per heavy atom. The third-order valence-corrected chi connectivity index (χ3v) is 4.43. The van der Waals surface area contributed by atoms with E-state index in [9.17, 15) is 0 Å². The molecule has 3 aliphatic rings. The van der Waals surface area contributed by atoms with Crippen LogP contribution >= 0.6 is 0 Å². The van der Waals surface area contributed by atoms with Gasteiger partial charge in [0.25, 0.3) is 0 Å². The lowest BCUT2D eigenvalue weighted by Crippen LogP contribution is -2.22. The fourth-order valence-electron chi connectivity index (χ4n) is 2.78. The third-order valence-electron chi connectivity index (χ3n) is 4.43. The lowest BCUT2D eigenvalue weighted by molar-refractivity contribution is 0.0428. The van der Waals surface area contributed by atoms with E-state index >= 15 is 0 Å². The number of hydrogen-bond donors (Lipinski definition) is 0. The predicted octanol–water partition coefficient (Wildman–Crippen LogP) is 2.63. The lowest BCUT2D eigenvalue weighted by atomic mass is 9.83. The van der Waals surface area contributed by atoms with Crippen molar-refractivity contribution in [3.05, 3.63) is 0 Å². The molecular weight excluding hydrogens is 228 g/mol. The average Bonchev–Trinajstić information content (AvgIpc) is 3.25. The van der Waals surface area contributed by atoms with Gasteiger partial charge in [0, 0.05) is 19.8 Å². The first-order valence-corrected chi connectivity index (χ1v) is 7.67. The van der Waals surface area contributed by atoms with Crippen LogP contribution in [-0.2, 0) is 14.2 Å². The van der Waals surface area contributed by atoms with Crippen LogP contribution in [0.1, 0.15) is 38.5 Å². The van der Waals surface area contributed by atoms with E-state index in [4.69, 9.17) is 14.2 Å². The number of rotatable bonds is 8. The van der Waals surface area contributed by atoms with Gasteiger partial charge in [0.15, 0.2) is 0 Å². The second kappa shape index (κ2) is 6.36. The second-order valence-corrected chi connectivity index (χ2v) is 6.36. The van der Waals surface area contributed by atoms with Gasteiger partial charge in [0.05, 0.1) is 13.2 Å². The first kappa shape index (κ1) is 12.9. The normalized spacial score (nSPS) is 35.7. The Labute approximate surface area is 110 Å². The van der Waals surface area contributed by atoms with E-state index in [1.54, 1.807) is 0 Å². The summed E-state index contributed by atoms with van der Waals surface area (Å²) in [5.74, 6) is 2.49. The van der Waals surface area contributed by atoms with Crippen molar-refractivity contribution in [3.63, 3.8) is 0 Å². The van der Waals surface area contributed by atoms with E-state index in [2.05, 4.69) is 0 Å². The zero-order valence-corrected chi connectivity index (χ0v) is 11.3. The van der Waals surface area contributed by atoms with Gasteiger partial charge < -0.3 is 14.2 Å². The molecule has 0 spiro atoms. The summed E-state index contributed by atoms with van der Waals surface area (Å²) in [6, 6.07) is 0. The Morgan fingerprint density at radius 3 is 1.44 bits per heavy atom. The van der Waals surface area contributed by atoms with Crippen LogP contribution < -0.4 is 0 Å². The van der Waals surface area contributed by atoms with Crippen molar-refractivity contribution >= 4 is 0 Å². The number of hydrogen-bond acceptors (Lipinski definition) is 3. The smallest absolute Gasteiger partial charge is 0.104 e. The van der Waals surface area contributed by atoms with Crippen LogP contribution in [0.2, 0.25) is 0 Å². The van der Waals surface area contributed by atoms with E-state index in [1.165, 1.54) is 38.5 Å². The lowest BCUT2D eigenvalue weighted by Gasteiger charge is -2.28. The molecule has 0 N–H and O–H groups in total. The molecule has 1 atom stereocenters. The zero-order valence-electron chi connectivity index (χ0n) is 11.3. The molecule has 104 valence electrons. The largest absolute Gasteiger partial charge is 0.381 e. The molecule has 18 heavy (non-hydrogen) atoms. The van der Waals surface area contributed by atoms with Gasteiger partial charge in [-0.2, -0.15) is 0 Å². The fourth-order valence-corrected chi connectivity index (χ4v) is 2.78. The van der Waals surface area contributed by atoms with Crippen LogP contribution in [0, 0.1) is 17.8 Å². The molecule has 0 bridgehead atoms. The Kier molecular flexibility index (Phi) is 4.55. The zero-order chi connectivity index (χ0) is 12.2. The van der Waals surface area contributed by atoms with Crippen LogP contribution in [0.4, 0.5) is 0 Å². The average molecular weight is 254 g/mol. The minimum atomic E-state index is 0.414. The van der Waals surface area contributed by atoms with Crippen molar-refractivity contribution in [1.82, 2.24) is 0 Å². The fraction of sp³-hybridized carbons (Fsp3) is 1.00. The van der Waals surface area contributed by atoms with Gasteiger partial charge in [-0.15, -0.1) is 0 Å². The Hall–Kier alpha value is -0.120. The molecule has 0 radical (unpaired) electrons. The van der Waals surface area contributed by atoms with E-state index in [-0.39, 0.29) is 0 Å². The number of ether oxygens (including phenoxy) is 3. The summed E-state index contributed by atoms with van der Waals surface area (Å²) in [4.78, 5) is 0. The molecule has 3 rings (SSSR count). The molecule has 1 unspecified atom stereocenters. The summed E-state index contributed by atoms with van der Waals surface area (Å²) >= 11 is 0. The Balaban J connectivity index is 1.21. The molecule has 0 aromatic heterocycles. The molecule has 1 heterocycles. The SMILES string of the molecule is C1CC1COCC1CCC(COCC2CO2)CC1. The first-order chi connectivity index (χ1) is 8.90. The minimum absolute atomic E-state index is 0.414. The summed E-state index contributed by atoms with van der Waals surface area (Å²) in [7, 11) is 0. The van der Waals surface area contributed by atoms with E-state index in [0.717, 1.165) is 50.8 Å². The Morgan fingerprint density at radius 2 is 1.06 bits per heavy atom. The highest BCUT2D eigenvalue weighted by Crippen LogP contribution is 2.31. The summed E-state index contributed by atoms with van der Waals surface area (Å²) in [5.41, 5.74) is 0. The van der Waals surface area contributed by atoms with Gasteiger partial charge in [-0.05, 0) is 56.3 Å². The van der Waals surface area contributed by atoms with Crippen molar-refractivity contribution in [1.29, 1.82) is 0 Å². The molecular formula is C15H26O3. The monoisotopic (exact) mass is 254 g/mol. The van der Waals surface area contributed by atoms with Crippen molar-refractivity contribution in [3.8, 4) is 0 Å². The van der Waals surface area contributed by atoms with Crippen LogP contribution in [0.25, 0.3) is 0 Å². The van der Waals surface area contributed by atoms with E-state index < -0.39 is 0 Å². The maximum absolute atomic E-state index is 5.81. The Bertz CT molecular complexity index is 214. The molecule has 2 aliphatic carbocycles. The molecule has 0 amide bonds. The molecule has 3 nitrogen and oxygen atoms in total. The summed E-state index contributed by atoms with van der Waals surface area (Å²) in [6.07, 6.45) is 8.52. The quantitative estimate of drug-likeness (QED) is 0.624. The van der Waals surface area contributed by atoms with Gasteiger partial charge in [-0.1, -0.05) is 0 Å². The topological polar surface area (TPSA) is 31.0 Å². The molecule has 3 heteroatoms. The molecule has 0 aromatic carbocycles.